The van der Waals surface area contributed by atoms with Gasteiger partial charge in [-0.15, -0.1) is 0 Å². The first-order valence-electron chi connectivity index (χ1n) is 12.9. The number of aryl methyl sites for hydroxylation is 1. The van der Waals surface area contributed by atoms with Crippen molar-refractivity contribution < 1.29 is 7.31 Å². The summed E-state index contributed by atoms with van der Waals surface area (Å²) in [5.41, 5.74) is 11.8. The standard InChI is InChI=1S/C31H38N/c1-19-23-16-20-12-10-11-13-22(20)24(23)17-25-26(19)28-27(31(7,8)30(25,5)6)21(14-15-32(28)9)18-29(2,3)4/h10-15,17H,16,18H2,1-9H3/q+1/i18D2. The molecule has 0 radical (unpaired) electrons. The normalized spacial score (nSPS) is 18.8. The Hall–Kier alpha value is -2.41. The van der Waals surface area contributed by atoms with Gasteiger partial charge < -0.3 is 0 Å². The van der Waals surface area contributed by atoms with Crippen molar-refractivity contribution in [2.75, 3.05) is 0 Å². The van der Waals surface area contributed by atoms with Crippen LogP contribution >= 0.6 is 0 Å². The molecule has 2 aliphatic carbocycles. The van der Waals surface area contributed by atoms with Crippen molar-refractivity contribution in [3.63, 3.8) is 0 Å². The third-order valence-corrected chi connectivity index (χ3v) is 8.32. The number of hydrogen-bond donors (Lipinski definition) is 0. The number of rotatable bonds is 1. The van der Waals surface area contributed by atoms with Gasteiger partial charge in [-0.1, -0.05) is 72.7 Å². The molecule has 1 heterocycles. The average Bonchev–Trinajstić information content (AvgIpc) is 3.11. The lowest BCUT2D eigenvalue weighted by Crippen LogP contribution is -2.49. The Kier molecular flexibility index (Phi) is 3.92. The fraction of sp³-hybridized carbons (Fsp3) is 0.452. The molecule has 2 aromatic carbocycles. The molecule has 32 heavy (non-hydrogen) atoms. The summed E-state index contributed by atoms with van der Waals surface area (Å²) in [4.78, 5) is 0. The molecule has 0 amide bonds. The maximum Gasteiger partial charge on any atom is 0.216 e. The number of aromatic nitrogens is 1. The van der Waals surface area contributed by atoms with E-state index in [1.165, 1.54) is 44.6 Å². The minimum absolute atomic E-state index is 0.177. The van der Waals surface area contributed by atoms with E-state index in [1.807, 2.05) is 26.8 Å². The van der Waals surface area contributed by atoms with E-state index in [4.69, 9.17) is 0 Å². The highest BCUT2D eigenvalue weighted by Crippen LogP contribution is 2.57. The molecular weight excluding hydrogens is 386 g/mol. The lowest BCUT2D eigenvalue weighted by molar-refractivity contribution is -0.661. The molecule has 1 aromatic heterocycles. The molecule has 0 unspecified atom stereocenters. The van der Waals surface area contributed by atoms with Gasteiger partial charge in [0.2, 0.25) is 5.69 Å². The van der Waals surface area contributed by atoms with Gasteiger partial charge in [-0.2, -0.15) is 0 Å². The summed E-state index contributed by atoms with van der Waals surface area (Å²) >= 11 is 0. The second kappa shape index (κ2) is 6.56. The number of pyridine rings is 1. The van der Waals surface area contributed by atoms with Gasteiger partial charge in [0.25, 0.3) is 0 Å². The van der Waals surface area contributed by atoms with Crippen molar-refractivity contribution >= 4 is 0 Å². The van der Waals surface area contributed by atoms with Gasteiger partial charge >= 0.3 is 0 Å². The zero-order valence-electron chi connectivity index (χ0n) is 23.2. The first-order valence-corrected chi connectivity index (χ1v) is 11.9. The van der Waals surface area contributed by atoms with Gasteiger partial charge in [-0.25, -0.2) is 4.57 Å². The van der Waals surface area contributed by atoms with E-state index in [0.717, 1.165) is 17.5 Å². The zero-order valence-corrected chi connectivity index (χ0v) is 21.2. The number of benzene rings is 2. The molecule has 0 aliphatic heterocycles. The minimum Gasteiger partial charge on any atom is -0.201 e. The van der Waals surface area contributed by atoms with Crippen LogP contribution in [0.3, 0.4) is 0 Å². The van der Waals surface area contributed by atoms with Crippen molar-refractivity contribution in [2.24, 2.45) is 12.5 Å². The molecule has 0 fully saturated rings. The third-order valence-electron chi connectivity index (χ3n) is 8.32. The Morgan fingerprint density at radius 1 is 1.00 bits per heavy atom. The Bertz CT molecular complexity index is 1350. The molecule has 0 saturated heterocycles. The van der Waals surface area contributed by atoms with Crippen molar-refractivity contribution in [3.8, 4) is 22.4 Å². The molecule has 2 aliphatic rings. The summed E-state index contributed by atoms with van der Waals surface area (Å²) in [6.45, 7) is 17.6. The Morgan fingerprint density at radius 2 is 1.69 bits per heavy atom. The predicted molar refractivity (Wildman–Crippen MR) is 135 cm³/mol. The van der Waals surface area contributed by atoms with Crippen LogP contribution in [0.2, 0.25) is 0 Å². The van der Waals surface area contributed by atoms with E-state index in [2.05, 4.69) is 82.8 Å². The lowest BCUT2D eigenvalue weighted by atomic mass is 9.54. The minimum atomic E-state index is -1.46. The second-order valence-corrected chi connectivity index (χ2v) is 12.0. The van der Waals surface area contributed by atoms with Crippen LogP contribution in [0.1, 0.15) is 84.6 Å². The summed E-state index contributed by atoms with van der Waals surface area (Å²) in [5.74, 6) is 0. The quantitative estimate of drug-likeness (QED) is 0.283. The summed E-state index contributed by atoms with van der Waals surface area (Å²) in [5, 5.41) is 0. The van der Waals surface area contributed by atoms with E-state index in [9.17, 15) is 2.74 Å². The second-order valence-electron chi connectivity index (χ2n) is 12.0. The van der Waals surface area contributed by atoms with E-state index in [1.54, 1.807) is 0 Å². The van der Waals surface area contributed by atoms with Crippen molar-refractivity contribution in [1.82, 2.24) is 0 Å². The molecule has 166 valence electrons. The Balaban J connectivity index is 1.93. The SMILES string of the molecule is [2H]C([2H])(c1cc[n+](C)c2c1C(C)(C)C(C)(C)c1cc3c(c(C)c1-2)Cc1ccccc1-3)C(C)(C)C. The van der Waals surface area contributed by atoms with Gasteiger partial charge in [0.15, 0.2) is 6.20 Å². The molecule has 1 heteroatoms. The van der Waals surface area contributed by atoms with Gasteiger partial charge in [0.05, 0.1) is 5.56 Å². The first kappa shape index (κ1) is 19.1. The van der Waals surface area contributed by atoms with E-state index in [0.29, 0.717) is 0 Å². The number of nitrogens with zero attached hydrogens (tertiary/aromatic N) is 1. The van der Waals surface area contributed by atoms with Gasteiger partial charge in [0, 0.05) is 19.8 Å². The van der Waals surface area contributed by atoms with Crippen LogP contribution in [-0.4, -0.2) is 0 Å². The van der Waals surface area contributed by atoms with Crippen molar-refractivity contribution in [2.45, 2.75) is 79.0 Å². The van der Waals surface area contributed by atoms with Crippen LogP contribution in [0.15, 0.2) is 42.6 Å². The van der Waals surface area contributed by atoms with Crippen LogP contribution in [0, 0.1) is 12.3 Å². The number of hydrogen-bond acceptors (Lipinski definition) is 0. The summed E-state index contributed by atoms with van der Waals surface area (Å²) in [6.07, 6.45) is 1.57. The molecular formula is C31H38N+. The molecule has 5 rings (SSSR count). The molecule has 3 aromatic rings. The fourth-order valence-electron chi connectivity index (χ4n) is 5.99. The van der Waals surface area contributed by atoms with Crippen LogP contribution in [0.25, 0.3) is 22.4 Å². The number of fused-ring (bicyclic) bond motifs is 6. The van der Waals surface area contributed by atoms with Crippen LogP contribution in [0.4, 0.5) is 0 Å². The van der Waals surface area contributed by atoms with Crippen molar-refractivity contribution in [3.05, 3.63) is 76.0 Å². The van der Waals surface area contributed by atoms with Crippen LogP contribution in [0.5, 0.6) is 0 Å². The summed E-state index contributed by atoms with van der Waals surface area (Å²) in [7, 11) is 2.12. The lowest BCUT2D eigenvalue weighted by Gasteiger charge is -2.48. The van der Waals surface area contributed by atoms with Crippen molar-refractivity contribution in [1.29, 1.82) is 0 Å². The topological polar surface area (TPSA) is 3.88 Å². The van der Waals surface area contributed by atoms with Gasteiger partial charge in [-0.3, -0.25) is 0 Å². The van der Waals surface area contributed by atoms with Gasteiger partial charge in [-0.05, 0) is 75.6 Å². The highest BCUT2D eigenvalue weighted by Gasteiger charge is 2.51. The maximum absolute atomic E-state index is 9.24. The first-order chi connectivity index (χ1) is 15.6. The molecule has 0 atom stereocenters. The fourth-order valence-corrected chi connectivity index (χ4v) is 5.99. The van der Waals surface area contributed by atoms with Gasteiger partial charge in [0.1, 0.15) is 7.05 Å². The molecule has 0 N–H and O–H groups in total. The molecule has 0 bridgehead atoms. The highest BCUT2D eigenvalue weighted by molar-refractivity contribution is 5.86. The molecule has 0 saturated carbocycles. The average molecular weight is 427 g/mol. The predicted octanol–water partition coefficient (Wildman–Crippen LogP) is 7.22. The molecule has 1 nitrogen and oxygen atoms in total. The monoisotopic (exact) mass is 426 g/mol. The third kappa shape index (κ3) is 2.79. The smallest absolute Gasteiger partial charge is 0.201 e. The Labute approximate surface area is 197 Å². The van der Waals surface area contributed by atoms with E-state index >= 15 is 0 Å². The Morgan fingerprint density at radius 3 is 2.38 bits per heavy atom. The zero-order chi connectivity index (χ0) is 25.0. The maximum atomic E-state index is 9.24. The van der Waals surface area contributed by atoms with Crippen LogP contribution < -0.4 is 4.57 Å². The highest BCUT2D eigenvalue weighted by atomic mass is 14.9. The largest absolute Gasteiger partial charge is 0.216 e. The van der Waals surface area contributed by atoms with E-state index < -0.39 is 11.8 Å². The van der Waals surface area contributed by atoms with E-state index in [-0.39, 0.29) is 10.8 Å². The molecule has 0 spiro atoms. The summed E-state index contributed by atoms with van der Waals surface area (Å²) in [6, 6.07) is 13.3. The van der Waals surface area contributed by atoms with Crippen LogP contribution in [-0.2, 0) is 30.7 Å². The summed E-state index contributed by atoms with van der Waals surface area (Å²) < 4.78 is 20.7.